The van der Waals surface area contributed by atoms with E-state index in [0.29, 0.717) is 18.1 Å². The van der Waals surface area contributed by atoms with Gasteiger partial charge < -0.3 is 10.2 Å². The zero-order chi connectivity index (χ0) is 13.4. The topological polar surface area (TPSA) is 15.3 Å². The number of likely N-dealkylation sites (tertiary alicyclic amines) is 1. The first-order chi connectivity index (χ1) is 9.13. The van der Waals surface area contributed by atoms with Crippen molar-refractivity contribution in [1.82, 2.24) is 10.2 Å². The van der Waals surface area contributed by atoms with Crippen LogP contribution in [-0.4, -0.2) is 30.6 Å². The second-order valence-corrected chi connectivity index (χ2v) is 6.51. The first kappa shape index (κ1) is 13.1. The van der Waals surface area contributed by atoms with E-state index in [1.165, 1.54) is 37.8 Å². The Bertz CT molecular complexity index is 455. The zero-order valence-corrected chi connectivity index (χ0v) is 12.4. The van der Waals surface area contributed by atoms with Gasteiger partial charge in [-0.2, -0.15) is 0 Å². The highest BCUT2D eigenvalue weighted by molar-refractivity contribution is 5.37. The van der Waals surface area contributed by atoms with Crippen LogP contribution in [0.25, 0.3) is 0 Å². The average Bonchev–Trinajstić information content (AvgIpc) is 2.77. The molecule has 2 heteroatoms. The summed E-state index contributed by atoms with van der Waals surface area (Å²) in [5.41, 5.74) is 4.51. The highest BCUT2D eigenvalue weighted by atomic mass is 15.1. The van der Waals surface area contributed by atoms with Crippen LogP contribution in [0.15, 0.2) is 18.2 Å². The van der Waals surface area contributed by atoms with Crippen molar-refractivity contribution in [3.63, 3.8) is 0 Å². The molecule has 3 rings (SSSR count). The molecule has 1 aliphatic heterocycles. The molecule has 0 spiro atoms. The molecular formula is C17H26N2. The van der Waals surface area contributed by atoms with E-state index in [4.69, 9.17) is 0 Å². The highest BCUT2D eigenvalue weighted by Crippen LogP contribution is 2.33. The third kappa shape index (κ3) is 2.70. The Morgan fingerprint density at radius 1 is 1.26 bits per heavy atom. The maximum absolute atomic E-state index is 3.93. The molecule has 1 heterocycles. The van der Waals surface area contributed by atoms with Crippen molar-refractivity contribution in [2.24, 2.45) is 0 Å². The maximum atomic E-state index is 3.93. The van der Waals surface area contributed by atoms with Crippen molar-refractivity contribution in [3.8, 4) is 0 Å². The number of hydrogen-bond donors (Lipinski definition) is 1. The molecule has 1 aliphatic carbocycles. The normalized spacial score (nSPS) is 31.4. The first-order valence-electron chi connectivity index (χ1n) is 7.69. The minimum atomic E-state index is 0.593. The lowest BCUT2D eigenvalue weighted by Gasteiger charge is -2.36. The third-order valence-electron chi connectivity index (χ3n) is 5.02. The van der Waals surface area contributed by atoms with Crippen molar-refractivity contribution in [1.29, 1.82) is 0 Å². The predicted molar refractivity (Wildman–Crippen MR) is 80.5 cm³/mol. The average molecular weight is 258 g/mol. The van der Waals surface area contributed by atoms with Crippen LogP contribution in [0.4, 0.5) is 0 Å². The van der Waals surface area contributed by atoms with Crippen LogP contribution in [0.5, 0.6) is 0 Å². The van der Waals surface area contributed by atoms with Crippen LogP contribution in [0.3, 0.4) is 0 Å². The number of nitrogens with one attached hydrogen (secondary N) is 1. The molecule has 2 aliphatic rings. The largest absolute Gasteiger partial charge is 0.307 e. The van der Waals surface area contributed by atoms with Gasteiger partial charge in [-0.25, -0.2) is 0 Å². The predicted octanol–water partition coefficient (Wildman–Crippen LogP) is 3.05. The minimum Gasteiger partial charge on any atom is -0.307 e. The Kier molecular flexibility index (Phi) is 3.64. The molecule has 0 radical (unpaired) electrons. The van der Waals surface area contributed by atoms with Gasteiger partial charge in [-0.1, -0.05) is 23.8 Å². The maximum Gasteiger partial charge on any atom is 0.0328 e. The van der Waals surface area contributed by atoms with E-state index < -0.39 is 0 Å². The summed E-state index contributed by atoms with van der Waals surface area (Å²) < 4.78 is 0. The second kappa shape index (κ2) is 5.26. The molecule has 0 saturated carbocycles. The smallest absolute Gasteiger partial charge is 0.0328 e. The van der Waals surface area contributed by atoms with Crippen molar-refractivity contribution < 1.29 is 0 Å². The molecule has 1 saturated heterocycles. The van der Waals surface area contributed by atoms with E-state index in [1.807, 2.05) is 0 Å². The summed E-state index contributed by atoms with van der Waals surface area (Å²) in [6, 6.07) is 8.96. The molecule has 3 atom stereocenters. The summed E-state index contributed by atoms with van der Waals surface area (Å²) in [5, 5.41) is 3.93. The van der Waals surface area contributed by atoms with Gasteiger partial charge in [0, 0.05) is 18.1 Å². The van der Waals surface area contributed by atoms with Crippen molar-refractivity contribution in [2.75, 3.05) is 13.6 Å². The number of fused-ring (bicyclic) bond motifs is 1. The lowest BCUT2D eigenvalue weighted by molar-refractivity contribution is 0.162. The quantitative estimate of drug-likeness (QED) is 0.877. The number of aryl methyl sites for hydroxylation is 2. The summed E-state index contributed by atoms with van der Waals surface area (Å²) in [6.07, 6.45) is 5.10. The van der Waals surface area contributed by atoms with E-state index >= 15 is 0 Å². The van der Waals surface area contributed by atoms with E-state index in [9.17, 15) is 0 Å². The van der Waals surface area contributed by atoms with Gasteiger partial charge >= 0.3 is 0 Å². The molecule has 1 N–H and O–H groups in total. The van der Waals surface area contributed by atoms with Crippen molar-refractivity contribution in [2.45, 2.75) is 57.7 Å². The van der Waals surface area contributed by atoms with Gasteiger partial charge in [0.1, 0.15) is 0 Å². The standard InChI is InChI=1S/C17H26N2/c1-12-4-5-14-6-7-17(16(14)10-12)18-15-8-9-19(3)13(2)11-15/h4-5,10,13,15,17-18H,6-9,11H2,1-3H3. The van der Waals surface area contributed by atoms with Gasteiger partial charge in [0.15, 0.2) is 0 Å². The Balaban J connectivity index is 1.68. The zero-order valence-electron chi connectivity index (χ0n) is 12.4. The molecule has 104 valence electrons. The van der Waals surface area contributed by atoms with E-state index in [2.05, 4.69) is 49.3 Å². The molecule has 0 aromatic heterocycles. The molecule has 0 amide bonds. The van der Waals surface area contributed by atoms with Crippen molar-refractivity contribution in [3.05, 3.63) is 34.9 Å². The fraction of sp³-hybridized carbons (Fsp3) is 0.647. The first-order valence-corrected chi connectivity index (χ1v) is 7.69. The molecule has 1 aromatic rings. The second-order valence-electron chi connectivity index (χ2n) is 6.51. The van der Waals surface area contributed by atoms with Crippen LogP contribution in [0.1, 0.15) is 48.9 Å². The monoisotopic (exact) mass is 258 g/mol. The SMILES string of the molecule is Cc1ccc2c(c1)C(NC1CCN(C)C(C)C1)CC2. The number of rotatable bonds is 2. The fourth-order valence-electron chi connectivity index (χ4n) is 3.62. The summed E-state index contributed by atoms with van der Waals surface area (Å²) in [4.78, 5) is 2.48. The number of nitrogens with zero attached hydrogens (tertiary/aromatic N) is 1. The number of benzene rings is 1. The van der Waals surface area contributed by atoms with Crippen LogP contribution in [0.2, 0.25) is 0 Å². The molecule has 2 nitrogen and oxygen atoms in total. The van der Waals surface area contributed by atoms with Gasteiger partial charge in [0.25, 0.3) is 0 Å². The summed E-state index contributed by atoms with van der Waals surface area (Å²) in [7, 11) is 2.25. The lowest BCUT2D eigenvalue weighted by atomic mass is 9.97. The summed E-state index contributed by atoms with van der Waals surface area (Å²) in [6.45, 7) is 5.78. The van der Waals surface area contributed by atoms with Gasteiger partial charge in [-0.3, -0.25) is 0 Å². The molecule has 1 aromatic carbocycles. The van der Waals surface area contributed by atoms with Gasteiger partial charge in [-0.05, 0) is 64.3 Å². The van der Waals surface area contributed by atoms with Crippen LogP contribution in [0, 0.1) is 6.92 Å². The Morgan fingerprint density at radius 2 is 2.11 bits per heavy atom. The number of hydrogen-bond acceptors (Lipinski definition) is 2. The van der Waals surface area contributed by atoms with E-state index in [-0.39, 0.29) is 0 Å². The fourth-order valence-corrected chi connectivity index (χ4v) is 3.62. The third-order valence-corrected chi connectivity index (χ3v) is 5.02. The van der Waals surface area contributed by atoms with Crippen LogP contribution in [-0.2, 0) is 6.42 Å². The lowest BCUT2D eigenvalue weighted by Crippen LogP contribution is -2.46. The van der Waals surface area contributed by atoms with E-state index in [1.54, 1.807) is 11.1 Å². The van der Waals surface area contributed by atoms with E-state index in [0.717, 1.165) is 0 Å². The summed E-state index contributed by atoms with van der Waals surface area (Å²) >= 11 is 0. The van der Waals surface area contributed by atoms with Crippen LogP contribution >= 0.6 is 0 Å². The number of piperidine rings is 1. The van der Waals surface area contributed by atoms with Gasteiger partial charge in [0.05, 0.1) is 0 Å². The summed E-state index contributed by atoms with van der Waals surface area (Å²) in [5.74, 6) is 0. The Labute approximate surface area is 117 Å². The van der Waals surface area contributed by atoms with Crippen LogP contribution < -0.4 is 5.32 Å². The molecule has 0 bridgehead atoms. The Morgan fingerprint density at radius 3 is 2.89 bits per heavy atom. The highest BCUT2D eigenvalue weighted by Gasteiger charge is 2.28. The van der Waals surface area contributed by atoms with Crippen molar-refractivity contribution >= 4 is 0 Å². The minimum absolute atomic E-state index is 0.593. The van der Waals surface area contributed by atoms with Gasteiger partial charge in [0.2, 0.25) is 0 Å². The molecular weight excluding hydrogens is 232 g/mol. The molecule has 19 heavy (non-hydrogen) atoms. The molecule has 1 fully saturated rings. The molecule has 3 unspecified atom stereocenters. The van der Waals surface area contributed by atoms with Gasteiger partial charge in [-0.15, -0.1) is 0 Å². The Hall–Kier alpha value is -0.860.